The third kappa shape index (κ3) is 3.54. The molecule has 4 rings (SSSR count). The molecule has 142 valence electrons. The van der Waals surface area contributed by atoms with E-state index < -0.39 is 24.8 Å². The van der Waals surface area contributed by atoms with Crippen molar-refractivity contribution in [1.82, 2.24) is 14.9 Å². The summed E-state index contributed by atoms with van der Waals surface area (Å²) in [4.78, 5) is 24.1. The summed E-state index contributed by atoms with van der Waals surface area (Å²) in [7, 11) is 0. The Kier molecular flexibility index (Phi) is 4.37. The van der Waals surface area contributed by atoms with Gasteiger partial charge in [-0.1, -0.05) is 12.1 Å². The first-order valence-electron chi connectivity index (χ1n) is 8.72. The summed E-state index contributed by atoms with van der Waals surface area (Å²) in [6.07, 6.45) is -0.383. The van der Waals surface area contributed by atoms with Gasteiger partial charge in [0.2, 0.25) is 5.95 Å². The molecule has 3 heterocycles. The molecule has 0 bridgehead atoms. The number of benzene rings is 1. The van der Waals surface area contributed by atoms with E-state index in [1.807, 2.05) is 4.90 Å². The molecule has 9 heteroatoms. The van der Waals surface area contributed by atoms with Crippen molar-refractivity contribution in [3.8, 4) is 0 Å². The summed E-state index contributed by atoms with van der Waals surface area (Å²) >= 11 is 0. The highest BCUT2D eigenvalue weighted by Gasteiger charge is 2.40. The van der Waals surface area contributed by atoms with Crippen LogP contribution in [0.5, 0.6) is 0 Å². The highest BCUT2D eigenvalue weighted by molar-refractivity contribution is 6.01. The fourth-order valence-electron chi connectivity index (χ4n) is 3.47. The minimum Gasteiger partial charge on any atom is -0.361 e. The Morgan fingerprint density at radius 3 is 2.44 bits per heavy atom. The normalized spacial score (nSPS) is 19.8. The van der Waals surface area contributed by atoms with Crippen molar-refractivity contribution in [2.24, 2.45) is 0 Å². The molecule has 27 heavy (non-hydrogen) atoms. The van der Waals surface area contributed by atoms with Crippen LogP contribution in [0.2, 0.25) is 0 Å². The van der Waals surface area contributed by atoms with Crippen molar-refractivity contribution in [2.45, 2.75) is 25.2 Å². The van der Waals surface area contributed by atoms with Crippen LogP contribution in [-0.2, 0) is 0 Å². The van der Waals surface area contributed by atoms with Crippen LogP contribution in [0.25, 0.3) is 0 Å². The lowest BCUT2D eigenvalue weighted by Gasteiger charge is -2.38. The van der Waals surface area contributed by atoms with E-state index in [0.717, 1.165) is 30.8 Å². The maximum absolute atomic E-state index is 13.1. The molecule has 0 radical (unpaired) electrons. The summed E-state index contributed by atoms with van der Waals surface area (Å²) < 4.78 is 39.3. The van der Waals surface area contributed by atoms with E-state index in [0.29, 0.717) is 17.2 Å². The average molecular weight is 377 g/mol. The number of aromatic nitrogens is 2. The minimum atomic E-state index is -4.52. The van der Waals surface area contributed by atoms with Gasteiger partial charge >= 0.3 is 6.18 Å². The van der Waals surface area contributed by atoms with E-state index in [-0.39, 0.29) is 5.56 Å². The predicted octanol–water partition coefficient (Wildman–Crippen LogP) is 3.21. The SMILES string of the molecule is O=C1c2ccccc2N[C@@H](c2cnc(N3CCCC3)nc2)N1CC(F)(F)F. The number of nitrogens with zero attached hydrogens (tertiary/aromatic N) is 4. The van der Waals surface area contributed by atoms with Crippen LogP contribution in [0.4, 0.5) is 24.8 Å². The predicted molar refractivity (Wildman–Crippen MR) is 93.4 cm³/mol. The van der Waals surface area contributed by atoms with E-state index >= 15 is 0 Å². The lowest BCUT2D eigenvalue weighted by Crippen LogP contribution is -2.47. The van der Waals surface area contributed by atoms with E-state index in [1.165, 1.54) is 18.5 Å². The van der Waals surface area contributed by atoms with Gasteiger partial charge in [-0.15, -0.1) is 0 Å². The zero-order valence-electron chi connectivity index (χ0n) is 14.4. The van der Waals surface area contributed by atoms with Gasteiger partial charge in [0, 0.05) is 36.7 Å². The summed E-state index contributed by atoms with van der Waals surface area (Å²) in [6.45, 7) is 0.381. The maximum atomic E-state index is 13.1. The number of rotatable bonds is 3. The second-order valence-electron chi connectivity index (χ2n) is 6.65. The number of nitrogens with one attached hydrogen (secondary N) is 1. The lowest BCUT2D eigenvalue weighted by atomic mass is 10.1. The van der Waals surface area contributed by atoms with Gasteiger partial charge in [-0.05, 0) is 25.0 Å². The summed E-state index contributed by atoms with van der Waals surface area (Å²) in [5, 5.41) is 3.02. The zero-order chi connectivity index (χ0) is 19.0. The number of anilines is 2. The number of carbonyl (C=O) groups excluding carboxylic acids is 1. The highest BCUT2D eigenvalue weighted by atomic mass is 19.4. The molecule has 2 aliphatic rings. The van der Waals surface area contributed by atoms with Crippen LogP contribution in [0, 0.1) is 0 Å². The third-order valence-electron chi connectivity index (χ3n) is 4.73. The molecule has 1 fully saturated rings. The molecular formula is C18H18F3N5O. The third-order valence-corrected chi connectivity index (χ3v) is 4.73. The molecule has 0 saturated carbocycles. The van der Waals surface area contributed by atoms with Crippen molar-refractivity contribution in [1.29, 1.82) is 0 Å². The first-order chi connectivity index (χ1) is 12.9. The molecule has 1 amide bonds. The van der Waals surface area contributed by atoms with Crippen molar-refractivity contribution >= 4 is 17.5 Å². The second-order valence-corrected chi connectivity index (χ2v) is 6.65. The van der Waals surface area contributed by atoms with Crippen molar-refractivity contribution in [3.05, 3.63) is 47.8 Å². The molecule has 2 aliphatic heterocycles. The lowest BCUT2D eigenvalue weighted by molar-refractivity contribution is -0.144. The van der Waals surface area contributed by atoms with Gasteiger partial charge in [-0.3, -0.25) is 4.79 Å². The van der Waals surface area contributed by atoms with Crippen LogP contribution in [0.1, 0.15) is 34.9 Å². The number of hydrogen-bond acceptors (Lipinski definition) is 5. The van der Waals surface area contributed by atoms with Gasteiger partial charge in [0.05, 0.1) is 5.56 Å². The van der Waals surface area contributed by atoms with E-state index in [2.05, 4.69) is 15.3 Å². The molecule has 0 unspecified atom stereocenters. The van der Waals surface area contributed by atoms with Crippen LogP contribution in [-0.4, -0.2) is 46.6 Å². The van der Waals surface area contributed by atoms with Gasteiger partial charge in [0.1, 0.15) is 12.7 Å². The molecule has 1 atom stereocenters. The van der Waals surface area contributed by atoms with Gasteiger partial charge in [-0.25, -0.2) is 9.97 Å². The first kappa shape index (κ1) is 17.6. The number of amides is 1. The smallest absolute Gasteiger partial charge is 0.361 e. The Morgan fingerprint density at radius 1 is 1.11 bits per heavy atom. The number of para-hydroxylation sites is 1. The molecule has 0 spiro atoms. The summed E-state index contributed by atoms with van der Waals surface area (Å²) in [5.41, 5.74) is 1.12. The van der Waals surface area contributed by atoms with Crippen molar-refractivity contribution in [2.75, 3.05) is 29.9 Å². The number of carbonyl (C=O) groups is 1. The van der Waals surface area contributed by atoms with E-state index in [1.54, 1.807) is 18.2 Å². The molecule has 1 aromatic heterocycles. The fraction of sp³-hybridized carbons (Fsp3) is 0.389. The number of fused-ring (bicyclic) bond motifs is 1. The van der Waals surface area contributed by atoms with E-state index in [4.69, 9.17) is 0 Å². The van der Waals surface area contributed by atoms with Crippen LogP contribution < -0.4 is 10.2 Å². The Hall–Kier alpha value is -2.84. The van der Waals surface area contributed by atoms with Crippen LogP contribution in [0.3, 0.4) is 0 Å². The summed E-state index contributed by atoms with van der Waals surface area (Å²) in [6, 6.07) is 6.53. The Bertz CT molecular complexity index is 834. The van der Waals surface area contributed by atoms with Crippen molar-refractivity contribution < 1.29 is 18.0 Å². The Labute approximate surface area is 154 Å². The average Bonchev–Trinajstić information content (AvgIpc) is 3.18. The topological polar surface area (TPSA) is 61.4 Å². The second kappa shape index (κ2) is 6.71. The fourth-order valence-corrected chi connectivity index (χ4v) is 3.47. The molecule has 2 aromatic rings. The Balaban J connectivity index is 1.67. The monoisotopic (exact) mass is 377 g/mol. The van der Waals surface area contributed by atoms with Crippen LogP contribution >= 0.6 is 0 Å². The molecule has 1 N–H and O–H groups in total. The zero-order valence-corrected chi connectivity index (χ0v) is 14.4. The van der Waals surface area contributed by atoms with Crippen molar-refractivity contribution in [3.63, 3.8) is 0 Å². The van der Waals surface area contributed by atoms with Gasteiger partial charge in [-0.2, -0.15) is 13.2 Å². The molecular weight excluding hydrogens is 359 g/mol. The molecule has 0 aliphatic carbocycles. The van der Waals surface area contributed by atoms with Gasteiger partial charge in [0.15, 0.2) is 0 Å². The van der Waals surface area contributed by atoms with Gasteiger partial charge in [0.25, 0.3) is 5.91 Å². The first-order valence-corrected chi connectivity index (χ1v) is 8.72. The standard InChI is InChI=1S/C18H18F3N5O/c19-18(20,21)11-26-15(24-14-6-2-1-5-13(14)16(26)27)12-9-22-17(23-10-12)25-7-3-4-8-25/h1-2,5-6,9-10,15,24H,3-4,7-8,11H2/t15-/m1/s1. The minimum absolute atomic E-state index is 0.215. The quantitative estimate of drug-likeness (QED) is 0.890. The molecule has 1 saturated heterocycles. The molecule has 6 nitrogen and oxygen atoms in total. The van der Waals surface area contributed by atoms with E-state index in [9.17, 15) is 18.0 Å². The number of hydrogen-bond donors (Lipinski definition) is 1. The number of halogens is 3. The Morgan fingerprint density at radius 2 is 1.78 bits per heavy atom. The molecule has 1 aromatic carbocycles. The summed E-state index contributed by atoms with van der Waals surface area (Å²) in [5.74, 6) is -0.114. The van der Waals surface area contributed by atoms with Crippen LogP contribution in [0.15, 0.2) is 36.7 Å². The number of alkyl halides is 3. The van der Waals surface area contributed by atoms with Gasteiger partial charge < -0.3 is 15.1 Å². The highest BCUT2D eigenvalue weighted by Crippen LogP contribution is 2.35. The maximum Gasteiger partial charge on any atom is 0.406 e. The largest absolute Gasteiger partial charge is 0.406 e.